The van der Waals surface area contributed by atoms with Gasteiger partial charge in [0.1, 0.15) is 5.75 Å². The van der Waals surface area contributed by atoms with Crippen molar-refractivity contribution in [3.63, 3.8) is 0 Å². The standard InChI is InChI=1S/C19H28N4O3/c1-13-8-9-16(26-4)15(12-13)14(2)22-19(20-3)21-10-11-23-17(24)6-5-7-18(23)25/h8-9,12,14H,5-7,10-11H2,1-4H3,(H2,20,21,22). The summed E-state index contributed by atoms with van der Waals surface area (Å²) in [6.45, 7) is 4.87. The summed E-state index contributed by atoms with van der Waals surface area (Å²) in [5.41, 5.74) is 2.19. The van der Waals surface area contributed by atoms with E-state index in [0.29, 0.717) is 38.3 Å². The molecular formula is C19H28N4O3. The van der Waals surface area contributed by atoms with Crippen LogP contribution in [-0.4, -0.2) is 49.9 Å². The molecule has 1 heterocycles. The lowest BCUT2D eigenvalue weighted by atomic mass is 10.0. The Morgan fingerprint density at radius 3 is 2.62 bits per heavy atom. The summed E-state index contributed by atoms with van der Waals surface area (Å²) in [5, 5.41) is 6.48. The summed E-state index contributed by atoms with van der Waals surface area (Å²) >= 11 is 0. The summed E-state index contributed by atoms with van der Waals surface area (Å²) in [7, 11) is 3.34. The second-order valence-electron chi connectivity index (χ2n) is 6.40. The van der Waals surface area contributed by atoms with Gasteiger partial charge in [-0.25, -0.2) is 0 Å². The van der Waals surface area contributed by atoms with Gasteiger partial charge in [-0.1, -0.05) is 17.7 Å². The Labute approximate surface area is 154 Å². The van der Waals surface area contributed by atoms with E-state index in [0.717, 1.165) is 16.9 Å². The molecule has 1 unspecified atom stereocenters. The summed E-state index contributed by atoms with van der Waals surface area (Å²) in [6.07, 6.45) is 1.55. The second-order valence-corrected chi connectivity index (χ2v) is 6.40. The summed E-state index contributed by atoms with van der Waals surface area (Å²) < 4.78 is 5.44. The Hall–Kier alpha value is -2.57. The van der Waals surface area contributed by atoms with Crippen molar-refractivity contribution in [1.29, 1.82) is 0 Å². The summed E-state index contributed by atoms with van der Waals surface area (Å²) in [5.74, 6) is 1.24. The highest BCUT2D eigenvalue weighted by molar-refractivity contribution is 5.97. The molecule has 1 aliphatic rings. The minimum atomic E-state index is -0.0936. The van der Waals surface area contributed by atoms with Crippen LogP contribution in [0.3, 0.4) is 0 Å². The molecule has 1 aromatic rings. The first kappa shape index (κ1) is 19.8. The van der Waals surface area contributed by atoms with Crippen molar-refractivity contribution in [2.45, 2.75) is 39.2 Å². The smallest absolute Gasteiger partial charge is 0.229 e. The van der Waals surface area contributed by atoms with Crippen LogP contribution >= 0.6 is 0 Å². The van der Waals surface area contributed by atoms with Gasteiger partial charge in [-0.2, -0.15) is 0 Å². The number of aryl methyl sites for hydroxylation is 1. The molecule has 1 aromatic carbocycles. The Balaban J connectivity index is 1.92. The Morgan fingerprint density at radius 1 is 1.31 bits per heavy atom. The largest absolute Gasteiger partial charge is 0.496 e. The number of hydrogen-bond acceptors (Lipinski definition) is 4. The lowest BCUT2D eigenvalue weighted by molar-refractivity contribution is -0.147. The third kappa shape index (κ3) is 4.97. The number of amides is 2. The molecule has 0 radical (unpaired) electrons. The number of methoxy groups -OCH3 is 1. The van der Waals surface area contributed by atoms with Crippen molar-refractivity contribution in [2.75, 3.05) is 27.2 Å². The average molecular weight is 360 g/mol. The molecule has 2 rings (SSSR count). The van der Waals surface area contributed by atoms with Gasteiger partial charge in [0.15, 0.2) is 5.96 Å². The Bertz CT molecular complexity index is 671. The first-order valence-electron chi connectivity index (χ1n) is 8.91. The maximum absolute atomic E-state index is 11.8. The van der Waals surface area contributed by atoms with Crippen LogP contribution in [0.5, 0.6) is 5.75 Å². The maximum atomic E-state index is 11.8. The lowest BCUT2D eigenvalue weighted by Crippen LogP contribution is -2.46. The molecule has 0 aromatic heterocycles. The highest BCUT2D eigenvalue weighted by atomic mass is 16.5. The van der Waals surface area contributed by atoms with E-state index in [1.807, 2.05) is 26.0 Å². The van der Waals surface area contributed by atoms with Crippen LogP contribution in [0.1, 0.15) is 43.4 Å². The predicted molar refractivity (Wildman–Crippen MR) is 101 cm³/mol. The van der Waals surface area contributed by atoms with Gasteiger partial charge in [0, 0.05) is 38.5 Å². The van der Waals surface area contributed by atoms with Crippen LogP contribution in [0.4, 0.5) is 0 Å². The molecule has 2 amide bonds. The third-order valence-electron chi connectivity index (χ3n) is 4.44. The number of guanidine groups is 1. The number of nitrogens with one attached hydrogen (secondary N) is 2. The van der Waals surface area contributed by atoms with Gasteiger partial charge in [0.2, 0.25) is 11.8 Å². The molecule has 7 nitrogen and oxygen atoms in total. The number of imide groups is 1. The zero-order chi connectivity index (χ0) is 19.1. The summed E-state index contributed by atoms with van der Waals surface area (Å²) in [4.78, 5) is 29.2. The van der Waals surface area contributed by atoms with Gasteiger partial charge >= 0.3 is 0 Å². The van der Waals surface area contributed by atoms with Crippen LogP contribution < -0.4 is 15.4 Å². The normalized spacial score (nSPS) is 16.5. The number of piperidine rings is 1. The van der Waals surface area contributed by atoms with E-state index in [4.69, 9.17) is 4.74 Å². The molecule has 0 saturated carbocycles. The van der Waals surface area contributed by atoms with Gasteiger partial charge in [-0.15, -0.1) is 0 Å². The molecule has 1 fully saturated rings. The van der Waals surface area contributed by atoms with Gasteiger partial charge in [0.25, 0.3) is 0 Å². The van der Waals surface area contributed by atoms with Gasteiger partial charge in [0.05, 0.1) is 13.2 Å². The molecule has 142 valence electrons. The van der Waals surface area contributed by atoms with E-state index in [-0.39, 0.29) is 17.9 Å². The third-order valence-corrected chi connectivity index (χ3v) is 4.44. The fourth-order valence-corrected chi connectivity index (χ4v) is 3.00. The molecule has 1 atom stereocenters. The quantitative estimate of drug-likeness (QED) is 0.459. The predicted octanol–water partition coefficient (Wildman–Crippen LogP) is 1.77. The molecule has 0 bridgehead atoms. The molecule has 0 aliphatic carbocycles. The van der Waals surface area contributed by atoms with Crippen molar-refractivity contribution in [3.8, 4) is 5.75 Å². The molecule has 1 aliphatic heterocycles. The average Bonchev–Trinajstić information content (AvgIpc) is 2.63. The van der Waals surface area contributed by atoms with Crippen molar-refractivity contribution in [2.24, 2.45) is 4.99 Å². The van der Waals surface area contributed by atoms with Crippen LogP contribution in [0.25, 0.3) is 0 Å². The van der Waals surface area contributed by atoms with Crippen molar-refractivity contribution in [1.82, 2.24) is 15.5 Å². The first-order chi connectivity index (χ1) is 12.5. The second kappa shape index (κ2) is 9.22. The number of rotatable bonds is 6. The molecule has 2 N–H and O–H groups in total. The van der Waals surface area contributed by atoms with E-state index in [1.54, 1.807) is 14.2 Å². The Kier molecular flexibility index (Phi) is 7.00. The van der Waals surface area contributed by atoms with Crippen LogP contribution in [0.2, 0.25) is 0 Å². The molecule has 1 saturated heterocycles. The van der Waals surface area contributed by atoms with E-state index < -0.39 is 0 Å². The topological polar surface area (TPSA) is 83.0 Å². The number of hydrogen-bond donors (Lipinski definition) is 2. The van der Waals surface area contributed by atoms with Crippen molar-refractivity contribution in [3.05, 3.63) is 29.3 Å². The first-order valence-corrected chi connectivity index (χ1v) is 8.91. The highest BCUT2D eigenvalue weighted by Crippen LogP contribution is 2.25. The maximum Gasteiger partial charge on any atom is 0.229 e. The number of carbonyl (C=O) groups excluding carboxylic acids is 2. The molecule has 0 spiro atoms. The Morgan fingerprint density at radius 2 is 2.00 bits per heavy atom. The highest BCUT2D eigenvalue weighted by Gasteiger charge is 2.25. The molecule has 7 heteroatoms. The number of aliphatic imine (C=N–C) groups is 1. The zero-order valence-corrected chi connectivity index (χ0v) is 16.0. The number of nitrogens with zero attached hydrogens (tertiary/aromatic N) is 2. The minimum Gasteiger partial charge on any atom is -0.496 e. The fourth-order valence-electron chi connectivity index (χ4n) is 3.00. The molecular weight excluding hydrogens is 332 g/mol. The number of benzene rings is 1. The van der Waals surface area contributed by atoms with Gasteiger partial charge in [-0.3, -0.25) is 19.5 Å². The number of carbonyl (C=O) groups is 2. The van der Waals surface area contributed by atoms with Gasteiger partial charge < -0.3 is 15.4 Å². The van der Waals surface area contributed by atoms with Crippen LogP contribution in [-0.2, 0) is 9.59 Å². The SMILES string of the molecule is CN=C(NCCN1C(=O)CCCC1=O)NC(C)c1cc(C)ccc1OC. The lowest BCUT2D eigenvalue weighted by Gasteiger charge is -2.26. The monoisotopic (exact) mass is 360 g/mol. The van der Waals surface area contributed by atoms with Gasteiger partial charge in [-0.05, 0) is 26.3 Å². The van der Waals surface area contributed by atoms with E-state index >= 15 is 0 Å². The number of likely N-dealkylation sites (tertiary alicyclic amines) is 1. The van der Waals surface area contributed by atoms with Crippen molar-refractivity contribution < 1.29 is 14.3 Å². The van der Waals surface area contributed by atoms with Crippen LogP contribution in [0, 0.1) is 6.92 Å². The summed E-state index contributed by atoms with van der Waals surface area (Å²) in [6, 6.07) is 6.02. The van der Waals surface area contributed by atoms with E-state index in [9.17, 15) is 9.59 Å². The van der Waals surface area contributed by atoms with E-state index in [1.165, 1.54) is 4.90 Å². The fraction of sp³-hybridized carbons (Fsp3) is 0.526. The van der Waals surface area contributed by atoms with Crippen molar-refractivity contribution >= 4 is 17.8 Å². The number of ether oxygens (including phenoxy) is 1. The van der Waals surface area contributed by atoms with E-state index in [2.05, 4.69) is 21.7 Å². The zero-order valence-electron chi connectivity index (χ0n) is 16.0. The molecule has 26 heavy (non-hydrogen) atoms. The minimum absolute atomic E-state index is 0.0192. The van der Waals surface area contributed by atoms with Crippen LogP contribution in [0.15, 0.2) is 23.2 Å².